The van der Waals surface area contributed by atoms with Gasteiger partial charge in [-0.1, -0.05) is 133 Å². The van der Waals surface area contributed by atoms with Gasteiger partial charge in [-0.2, -0.15) is 5.26 Å². The van der Waals surface area contributed by atoms with E-state index in [1.54, 1.807) is 0 Å². The van der Waals surface area contributed by atoms with E-state index in [4.69, 9.17) is 15.0 Å². The van der Waals surface area contributed by atoms with Crippen molar-refractivity contribution in [1.29, 1.82) is 5.26 Å². The van der Waals surface area contributed by atoms with Gasteiger partial charge in [0.15, 0.2) is 17.5 Å². The largest absolute Gasteiger partial charge is 0.208 e. The Labute approximate surface area is 250 Å². The molecule has 1 heterocycles. The van der Waals surface area contributed by atoms with Crippen LogP contribution < -0.4 is 0 Å². The second kappa shape index (κ2) is 11.2. The SMILES string of the molecule is Cc1ccc2c(-c3ccc(C#N)cc3)ccc(-c3ccc(-c4nc(-c5ccccc5)nc(-c5ccccc5)n4)cc3)c2c1. The normalized spacial score (nSPS) is 10.9. The molecule has 43 heavy (non-hydrogen) atoms. The molecule has 0 bridgehead atoms. The lowest BCUT2D eigenvalue weighted by Crippen LogP contribution is -2.00. The third-order valence-electron chi connectivity index (χ3n) is 7.65. The molecule has 0 aliphatic carbocycles. The smallest absolute Gasteiger partial charge is 0.164 e. The zero-order valence-corrected chi connectivity index (χ0v) is 23.6. The maximum Gasteiger partial charge on any atom is 0.164 e. The highest BCUT2D eigenvalue weighted by Gasteiger charge is 2.14. The van der Waals surface area contributed by atoms with Crippen LogP contribution in [0.4, 0.5) is 0 Å². The van der Waals surface area contributed by atoms with Crippen LogP contribution >= 0.6 is 0 Å². The number of nitriles is 1. The summed E-state index contributed by atoms with van der Waals surface area (Å²) in [5, 5.41) is 11.6. The number of fused-ring (bicyclic) bond motifs is 1. The van der Waals surface area contributed by atoms with E-state index in [0.29, 0.717) is 23.0 Å². The highest BCUT2D eigenvalue weighted by Crippen LogP contribution is 2.37. The number of rotatable bonds is 5. The van der Waals surface area contributed by atoms with Crippen LogP contribution in [0.15, 0.2) is 140 Å². The summed E-state index contributed by atoms with van der Waals surface area (Å²) in [6, 6.07) is 49.4. The first-order chi connectivity index (χ1) is 21.2. The molecule has 0 spiro atoms. The molecule has 1 aromatic heterocycles. The lowest BCUT2D eigenvalue weighted by atomic mass is 9.90. The standard InChI is InChI=1S/C39H26N4/c1-26-12-21-35-33(28-15-13-27(25-40)14-16-28)22-23-34(36(35)24-26)29-17-19-32(20-18-29)39-42-37(30-8-4-2-5-9-30)41-38(43-39)31-10-6-3-7-11-31/h2-24H,1H3. The van der Waals surface area contributed by atoms with Crippen molar-refractivity contribution in [2.75, 3.05) is 0 Å². The fraction of sp³-hybridized carbons (Fsp3) is 0.0256. The van der Waals surface area contributed by atoms with Crippen LogP contribution in [0, 0.1) is 18.3 Å². The minimum absolute atomic E-state index is 0.635. The third kappa shape index (κ3) is 5.16. The molecule has 0 unspecified atom stereocenters. The third-order valence-corrected chi connectivity index (χ3v) is 7.65. The van der Waals surface area contributed by atoms with E-state index in [2.05, 4.69) is 67.6 Å². The van der Waals surface area contributed by atoms with Crippen molar-refractivity contribution in [1.82, 2.24) is 15.0 Å². The van der Waals surface area contributed by atoms with E-state index < -0.39 is 0 Å². The predicted molar refractivity (Wildman–Crippen MR) is 174 cm³/mol. The molecule has 0 saturated heterocycles. The van der Waals surface area contributed by atoms with E-state index in [0.717, 1.165) is 38.9 Å². The molecule has 4 nitrogen and oxygen atoms in total. The van der Waals surface area contributed by atoms with Crippen molar-refractivity contribution in [3.8, 4) is 62.5 Å². The van der Waals surface area contributed by atoms with Gasteiger partial charge in [0.1, 0.15) is 0 Å². The molecule has 202 valence electrons. The number of benzene rings is 6. The summed E-state index contributed by atoms with van der Waals surface area (Å²) in [7, 11) is 0. The molecular formula is C39H26N4. The molecule has 0 saturated carbocycles. The molecule has 6 aromatic carbocycles. The second-order valence-electron chi connectivity index (χ2n) is 10.5. The maximum absolute atomic E-state index is 9.23. The van der Waals surface area contributed by atoms with Crippen LogP contribution in [0.5, 0.6) is 0 Å². The van der Waals surface area contributed by atoms with Crippen LogP contribution in [0.25, 0.3) is 67.2 Å². The number of aromatic nitrogens is 3. The van der Waals surface area contributed by atoms with Crippen molar-refractivity contribution >= 4 is 10.8 Å². The monoisotopic (exact) mass is 550 g/mol. The zero-order valence-electron chi connectivity index (χ0n) is 23.6. The van der Waals surface area contributed by atoms with Crippen molar-refractivity contribution in [2.24, 2.45) is 0 Å². The first-order valence-corrected chi connectivity index (χ1v) is 14.2. The topological polar surface area (TPSA) is 62.5 Å². The van der Waals surface area contributed by atoms with Gasteiger partial charge in [0, 0.05) is 16.7 Å². The quantitative estimate of drug-likeness (QED) is 0.214. The van der Waals surface area contributed by atoms with Crippen LogP contribution in [0.3, 0.4) is 0 Å². The van der Waals surface area contributed by atoms with Crippen molar-refractivity contribution in [3.63, 3.8) is 0 Å². The fourth-order valence-electron chi connectivity index (χ4n) is 5.43. The van der Waals surface area contributed by atoms with Gasteiger partial charge in [-0.05, 0) is 52.1 Å². The molecule has 0 fully saturated rings. The summed E-state index contributed by atoms with van der Waals surface area (Å²) >= 11 is 0. The van der Waals surface area contributed by atoms with Gasteiger partial charge < -0.3 is 0 Å². The second-order valence-corrected chi connectivity index (χ2v) is 10.5. The summed E-state index contributed by atoms with van der Waals surface area (Å²) < 4.78 is 0. The molecule has 0 aliphatic rings. The van der Waals surface area contributed by atoms with Gasteiger partial charge in [0.05, 0.1) is 11.6 Å². The molecule has 7 aromatic rings. The Balaban J connectivity index is 1.31. The Kier molecular flexibility index (Phi) is 6.75. The molecule has 4 heteroatoms. The molecule has 0 N–H and O–H groups in total. The minimum atomic E-state index is 0.635. The number of nitrogens with zero attached hydrogens (tertiary/aromatic N) is 4. The average Bonchev–Trinajstić information content (AvgIpc) is 3.08. The van der Waals surface area contributed by atoms with Gasteiger partial charge in [0.2, 0.25) is 0 Å². The summed E-state index contributed by atoms with van der Waals surface area (Å²) in [6.07, 6.45) is 0. The van der Waals surface area contributed by atoms with Gasteiger partial charge in [-0.25, -0.2) is 15.0 Å². The summed E-state index contributed by atoms with van der Waals surface area (Å²) in [5.41, 5.74) is 9.20. The minimum Gasteiger partial charge on any atom is -0.208 e. The van der Waals surface area contributed by atoms with E-state index in [1.807, 2.05) is 84.9 Å². The number of aryl methyl sites for hydroxylation is 1. The molecular weight excluding hydrogens is 524 g/mol. The van der Waals surface area contributed by atoms with Gasteiger partial charge in [0.25, 0.3) is 0 Å². The molecule has 0 aliphatic heterocycles. The summed E-state index contributed by atoms with van der Waals surface area (Å²) in [5.74, 6) is 1.93. The molecule has 0 amide bonds. The molecule has 0 atom stereocenters. The Hall–Kier alpha value is -5.92. The number of hydrogen-bond donors (Lipinski definition) is 0. The van der Waals surface area contributed by atoms with Crippen LogP contribution in [-0.2, 0) is 0 Å². The van der Waals surface area contributed by atoms with Crippen molar-refractivity contribution in [2.45, 2.75) is 6.92 Å². The lowest BCUT2D eigenvalue weighted by Gasteiger charge is -2.14. The first kappa shape index (κ1) is 26.0. The Morgan fingerprint density at radius 3 is 1.40 bits per heavy atom. The van der Waals surface area contributed by atoms with Crippen molar-refractivity contribution < 1.29 is 0 Å². The van der Waals surface area contributed by atoms with Crippen LogP contribution in [0.2, 0.25) is 0 Å². The van der Waals surface area contributed by atoms with E-state index >= 15 is 0 Å². The van der Waals surface area contributed by atoms with E-state index in [-0.39, 0.29) is 0 Å². The van der Waals surface area contributed by atoms with E-state index in [1.165, 1.54) is 16.3 Å². The Bertz CT molecular complexity index is 2050. The van der Waals surface area contributed by atoms with Gasteiger partial charge in [-0.3, -0.25) is 0 Å². The molecule has 7 rings (SSSR count). The number of hydrogen-bond acceptors (Lipinski definition) is 4. The van der Waals surface area contributed by atoms with Gasteiger partial charge in [-0.15, -0.1) is 0 Å². The Morgan fingerprint density at radius 2 is 0.884 bits per heavy atom. The zero-order chi connectivity index (χ0) is 29.2. The average molecular weight is 551 g/mol. The van der Waals surface area contributed by atoms with Crippen LogP contribution in [0.1, 0.15) is 11.1 Å². The fourth-order valence-corrected chi connectivity index (χ4v) is 5.43. The summed E-state index contributed by atoms with van der Waals surface area (Å²) in [6.45, 7) is 2.12. The highest BCUT2D eigenvalue weighted by atomic mass is 15.0. The van der Waals surface area contributed by atoms with E-state index in [9.17, 15) is 5.26 Å². The highest BCUT2D eigenvalue weighted by molar-refractivity contribution is 6.05. The van der Waals surface area contributed by atoms with Crippen molar-refractivity contribution in [3.05, 3.63) is 151 Å². The maximum atomic E-state index is 9.23. The predicted octanol–water partition coefficient (Wildman–Crippen LogP) is 9.54. The Morgan fingerprint density at radius 1 is 0.442 bits per heavy atom. The van der Waals surface area contributed by atoms with Gasteiger partial charge >= 0.3 is 0 Å². The van der Waals surface area contributed by atoms with Crippen LogP contribution in [-0.4, -0.2) is 15.0 Å². The summed E-state index contributed by atoms with van der Waals surface area (Å²) in [4.78, 5) is 14.6. The first-order valence-electron chi connectivity index (χ1n) is 14.2. The molecule has 0 radical (unpaired) electrons. The lowest BCUT2D eigenvalue weighted by molar-refractivity contribution is 1.07.